The van der Waals surface area contributed by atoms with Crippen LogP contribution < -0.4 is 15.2 Å². The first-order valence-electron chi connectivity index (χ1n) is 12.3. The number of carbonyl (C=O) groups is 1. The maximum absolute atomic E-state index is 14.2. The molecule has 1 fully saturated rings. The summed E-state index contributed by atoms with van der Waals surface area (Å²) >= 11 is 6.42. The van der Waals surface area contributed by atoms with E-state index in [1.165, 1.54) is 16.8 Å². The summed E-state index contributed by atoms with van der Waals surface area (Å²) < 4.78 is 21.3. The van der Waals surface area contributed by atoms with Crippen LogP contribution in [0.1, 0.15) is 42.8 Å². The van der Waals surface area contributed by atoms with Crippen LogP contribution in [-0.4, -0.2) is 55.8 Å². The van der Waals surface area contributed by atoms with E-state index in [0.717, 1.165) is 0 Å². The van der Waals surface area contributed by atoms with E-state index in [1.54, 1.807) is 62.7 Å². The average Bonchev–Trinajstić information content (AvgIpc) is 2.87. The Balaban J connectivity index is 1.67. The molecule has 0 radical (unpaired) electrons. The smallest absolute Gasteiger partial charge is 0.326 e. The molecule has 1 N–H and O–H groups in total. The first-order chi connectivity index (χ1) is 17.9. The van der Waals surface area contributed by atoms with Gasteiger partial charge in [0.1, 0.15) is 34.7 Å². The number of halogens is 2. The number of carbonyl (C=O) groups excluding carboxylic acids is 1. The average molecular weight is 544 g/mol. The highest BCUT2D eigenvalue weighted by Gasteiger charge is 2.37. The molecular weight excluding hydrogens is 513 g/mol. The first kappa shape index (κ1) is 27.5. The van der Waals surface area contributed by atoms with E-state index < -0.39 is 16.9 Å². The third-order valence-corrected chi connectivity index (χ3v) is 6.99. The lowest BCUT2D eigenvalue weighted by molar-refractivity contribution is 0.0765. The Hall–Kier alpha value is -3.50. The van der Waals surface area contributed by atoms with E-state index in [1.807, 2.05) is 0 Å². The lowest BCUT2D eigenvalue weighted by atomic mass is 10.0. The highest BCUT2D eigenvalue weighted by atomic mass is 35.5. The summed E-state index contributed by atoms with van der Waals surface area (Å²) in [6.07, 6.45) is 3.84. The number of aromatic nitrogens is 3. The van der Waals surface area contributed by atoms with Crippen LogP contribution in [0.5, 0.6) is 5.75 Å². The van der Waals surface area contributed by atoms with Crippen molar-refractivity contribution in [3.05, 3.63) is 74.3 Å². The second kappa shape index (κ2) is 10.7. The number of ether oxygens (including phenoxy) is 1. The van der Waals surface area contributed by atoms with E-state index >= 15 is 0 Å². The summed E-state index contributed by atoms with van der Waals surface area (Å²) in [5.74, 6) is 0.00393. The fraction of sp³-hybridized carbons (Fsp3) is 0.407. The van der Waals surface area contributed by atoms with Crippen LogP contribution in [0.2, 0.25) is 5.02 Å². The Labute approximate surface area is 225 Å². The number of aliphatic hydroxyl groups is 1. The minimum atomic E-state index is -0.725. The summed E-state index contributed by atoms with van der Waals surface area (Å²) in [6, 6.07) is 4.38. The quantitative estimate of drug-likeness (QED) is 0.476. The molecule has 0 saturated carbocycles. The molecule has 0 aliphatic carbocycles. The van der Waals surface area contributed by atoms with E-state index in [-0.39, 0.29) is 35.7 Å². The largest absolute Gasteiger partial charge is 0.485 e. The van der Waals surface area contributed by atoms with Gasteiger partial charge in [0.15, 0.2) is 0 Å². The van der Waals surface area contributed by atoms with Gasteiger partial charge < -0.3 is 14.7 Å². The number of aryl methyl sites for hydroxylation is 3. The van der Waals surface area contributed by atoms with Crippen molar-refractivity contribution in [3.8, 4) is 11.4 Å². The predicted octanol–water partition coefficient (Wildman–Crippen LogP) is 4.33. The topological polar surface area (TPSA) is 101 Å². The summed E-state index contributed by atoms with van der Waals surface area (Å²) in [5.41, 5.74) is 1.29. The summed E-state index contributed by atoms with van der Waals surface area (Å²) in [4.78, 5) is 38.4. The minimum Gasteiger partial charge on any atom is -0.485 e. The second-order valence-electron chi connectivity index (χ2n) is 10.1. The van der Waals surface area contributed by atoms with Gasteiger partial charge in [0.25, 0.3) is 5.56 Å². The zero-order valence-electron chi connectivity index (χ0n) is 22.1. The van der Waals surface area contributed by atoms with Crippen LogP contribution in [0.4, 0.5) is 15.0 Å². The maximum Gasteiger partial charge on any atom is 0.326 e. The van der Waals surface area contributed by atoms with Crippen molar-refractivity contribution in [1.82, 2.24) is 19.4 Å². The van der Waals surface area contributed by atoms with Crippen molar-refractivity contribution in [2.75, 3.05) is 24.6 Å². The zero-order valence-corrected chi connectivity index (χ0v) is 22.8. The van der Waals surface area contributed by atoms with Gasteiger partial charge in [-0.2, -0.15) is 0 Å². The molecule has 3 aromatic heterocycles. The molecule has 0 spiro atoms. The van der Waals surface area contributed by atoms with E-state index in [9.17, 15) is 19.1 Å². The highest BCUT2D eigenvalue weighted by molar-refractivity contribution is 6.31. The van der Waals surface area contributed by atoms with Crippen molar-refractivity contribution in [2.24, 2.45) is 0 Å². The number of urea groups is 1. The fourth-order valence-corrected chi connectivity index (χ4v) is 4.57. The molecule has 3 aromatic rings. The molecular formula is C27H31ClFN5O4. The number of amides is 2. The number of anilines is 1. The van der Waals surface area contributed by atoms with Gasteiger partial charge in [-0.1, -0.05) is 11.6 Å². The first-order valence-corrected chi connectivity index (χ1v) is 12.7. The van der Waals surface area contributed by atoms with Crippen LogP contribution in [0.15, 0.2) is 35.4 Å². The van der Waals surface area contributed by atoms with Crippen molar-refractivity contribution in [3.63, 3.8) is 0 Å². The molecule has 0 bridgehead atoms. The van der Waals surface area contributed by atoms with Crippen molar-refractivity contribution in [1.29, 1.82) is 0 Å². The van der Waals surface area contributed by atoms with Gasteiger partial charge in [0.2, 0.25) is 0 Å². The highest BCUT2D eigenvalue weighted by Crippen LogP contribution is 2.29. The molecule has 11 heteroatoms. The monoisotopic (exact) mass is 543 g/mol. The molecule has 1 aliphatic heterocycles. The van der Waals surface area contributed by atoms with Crippen LogP contribution in [0.25, 0.3) is 5.69 Å². The zero-order chi connectivity index (χ0) is 27.8. The third-order valence-electron chi connectivity index (χ3n) is 6.64. The molecule has 9 nitrogen and oxygen atoms in total. The van der Waals surface area contributed by atoms with E-state index in [0.29, 0.717) is 47.8 Å². The number of hydrogen-bond acceptors (Lipinski definition) is 6. The van der Waals surface area contributed by atoms with Gasteiger partial charge >= 0.3 is 6.03 Å². The Morgan fingerprint density at radius 3 is 2.53 bits per heavy atom. The molecule has 38 heavy (non-hydrogen) atoms. The van der Waals surface area contributed by atoms with E-state index in [2.05, 4.69) is 9.97 Å². The molecule has 202 valence electrons. The Morgan fingerprint density at radius 1 is 1.11 bits per heavy atom. The predicted molar refractivity (Wildman–Crippen MR) is 143 cm³/mol. The third kappa shape index (κ3) is 5.23. The number of hydrogen-bond donors (Lipinski definition) is 1. The van der Waals surface area contributed by atoms with Crippen molar-refractivity contribution >= 4 is 23.4 Å². The van der Waals surface area contributed by atoms with Crippen LogP contribution in [-0.2, 0) is 6.61 Å². The van der Waals surface area contributed by atoms with Gasteiger partial charge in [0.05, 0.1) is 17.8 Å². The van der Waals surface area contributed by atoms with Gasteiger partial charge in [-0.3, -0.25) is 19.2 Å². The van der Waals surface area contributed by atoms with Gasteiger partial charge in [0, 0.05) is 43.3 Å². The van der Waals surface area contributed by atoms with Crippen LogP contribution >= 0.6 is 11.6 Å². The standard InChI is InChI=1S/C27H31ClFN5O4/c1-16-9-19(29)20(30-12-16)14-38-22-10-18(3)34(25(36)24(22)28)21-11-23(31-13-17(21)2)32-7-6-8-33(26(32)37)27(4,5)15-35/h9-13,35H,6-8,14-15H2,1-5H3. The van der Waals surface area contributed by atoms with Gasteiger partial charge in [-0.15, -0.1) is 0 Å². The molecule has 0 aromatic carbocycles. The lowest BCUT2D eigenvalue weighted by Gasteiger charge is -2.43. The summed E-state index contributed by atoms with van der Waals surface area (Å²) in [6.45, 7) is 9.50. The molecule has 1 aliphatic rings. The molecule has 0 atom stereocenters. The molecule has 2 amide bonds. The normalized spacial score (nSPS) is 14.3. The second-order valence-corrected chi connectivity index (χ2v) is 10.5. The SMILES string of the molecule is Cc1cnc(COc2cc(C)n(-c3cc(N4CCCN(C(C)(C)CO)C4=O)ncc3C)c(=O)c2Cl)c(F)c1. The molecule has 0 unspecified atom stereocenters. The van der Waals surface area contributed by atoms with Crippen LogP contribution in [0, 0.1) is 26.6 Å². The number of nitrogens with zero attached hydrogens (tertiary/aromatic N) is 5. The van der Waals surface area contributed by atoms with E-state index in [4.69, 9.17) is 16.3 Å². The number of pyridine rings is 3. The molecule has 1 saturated heterocycles. The lowest BCUT2D eigenvalue weighted by Crippen LogP contribution is -2.59. The fourth-order valence-electron chi connectivity index (χ4n) is 4.37. The van der Waals surface area contributed by atoms with Crippen molar-refractivity contribution < 1.29 is 19.0 Å². The van der Waals surface area contributed by atoms with Crippen molar-refractivity contribution in [2.45, 2.75) is 53.2 Å². The summed E-state index contributed by atoms with van der Waals surface area (Å²) in [7, 11) is 0. The number of aliphatic hydroxyl groups excluding tert-OH is 1. The maximum atomic E-state index is 14.2. The minimum absolute atomic E-state index is 0.104. The van der Waals surface area contributed by atoms with Gasteiger partial charge in [-0.25, -0.2) is 14.2 Å². The molecule has 4 heterocycles. The number of rotatable bonds is 7. The van der Waals surface area contributed by atoms with Crippen LogP contribution in [0.3, 0.4) is 0 Å². The Morgan fingerprint density at radius 2 is 1.84 bits per heavy atom. The Kier molecular flexibility index (Phi) is 7.75. The molecule has 4 rings (SSSR count). The summed E-state index contributed by atoms with van der Waals surface area (Å²) in [5, 5.41) is 9.61. The Bertz CT molecular complexity index is 1440. The van der Waals surface area contributed by atoms with Gasteiger partial charge in [-0.05, 0) is 58.2 Å².